The van der Waals surface area contributed by atoms with Crippen molar-refractivity contribution in [3.05, 3.63) is 59.9 Å². The lowest BCUT2D eigenvalue weighted by atomic mass is 9.97. The number of para-hydroxylation sites is 1. The molecule has 0 saturated heterocycles. The first kappa shape index (κ1) is 16.6. The van der Waals surface area contributed by atoms with Crippen LogP contribution in [0.2, 0.25) is 0 Å². The lowest BCUT2D eigenvalue weighted by Crippen LogP contribution is -2.15. The Morgan fingerprint density at radius 3 is 2.55 bits per heavy atom. The largest absolute Gasteiger partial charge is 0.325 e. The zero-order chi connectivity index (χ0) is 15.9. The molecule has 2 rings (SSSR count). The number of carbonyl (C=O) groups excluding carboxylic acids is 1. The van der Waals surface area contributed by atoms with Crippen molar-refractivity contribution >= 4 is 23.4 Å². The van der Waals surface area contributed by atoms with E-state index in [2.05, 4.69) is 25.2 Å². The molecular formula is C18H20FNOS. The maximum absolute atomic E-state index is 12.8. The molecule has 1 N–H and O–H groups in total. The van der Waals surface area contributed by atoms with Crippen LogP contribution in [-0.2, 0) is 4.79 Å². The van der Waals surface area contributed by atoms with Gasteiger partial charge in [0.1, 0.15) is 5.82 Å². The number of amides is 1. The van der Waals surface area contributed by atoms with Gasteiger partial charge >= 0.3 is 0 Å². The Labute approximate surface area is 135 Å². The average Bonchev–Trinajstić information content (AvgIpc) is 2.54. The summed E-state index contributed by atoms with van der Waals surface area (Å²) in [5.41, 5.74) is 2.03. The van der Waals surface area contributed by atoms with Crippen LogP contribution in [0.15, 0.2) is 53.4 Å². The number of nitrogens with one attached hydrogen (secondary N) is 1. The van der Waals surface area contributed by atoms with Crippen molar-refractivity contribution in [2.24, 2.45) is 0 Å². The van der Waals surface area contributed by atoms with E-state index >= 15 is 0 Å². The third-order valence-corrected chi connectivity index (χ3v) is 4.57. The van der Waals surface area contributed by atoms with Crippen molar-refractivity contribution in [2.45, 2.75) is 31.1 Å². The summed E-state index contributed by atoms with van der Waals surface area (Å²) in [6, 6.07) is 14.1. The highest BCUT2D eigenvalue weighted by Gasteiger charge is 2.11. The third kappa shape index (κ3) is 4.60. The molecule has 0 aliphatic rings. The number of carbonyl (C=O) groups is 1. The highest BCUT2D eigenvalue weighted by atomic mass is 32.2. The summed E-state index contributed by atoms with van der Waals surface area (Å²) in [6.45, 7) is 4.28. The predicted octanol–water partition coefficient (Wildman–Crippen LogP) is 5.07. The minimum atomic E-state index is -0.267. The fourth-order valence-electron chi connectivity index (χ4n) is 2.13. The zero-order valence-corrected chi connectivity index (χ0v) is 13.6. The molecule has 0 saturated carbocycles. The van der Waals surface area contributed by atoms with E-state index in [9.17, 15) is 9.18 Å². The van der Waals surface area contributed by atoms with Crippen molar-refractivity contribution in [1.82, 2.24) is 0 Å². The van der Waals surface area contributed by atoms with E-state index in [0.29, 0.717) is 11.7 Å². The van der Waals surface area contributed by atoms with Gasteiger partial charge < -0.3 is 5.32 Å². The number of rotatable bonds is 6. The molecule has 22 heavy (non-hydrogen) atoms. The molecule has 4 heteroatoms. The fraction of sp³-hybridized carbons (Fsp3) is 0.278. The summed E-state index contributed by atoms with van der Waals surface area (Å²) in [7, 11) is 0. The Morgan fingerprint density at radius 1 is 1.18 bits per heavy atom. The molecule has 0 aliphatic carbocycles. The molecule has 0 spiro atoms. The van der Waals surface area contributed by atoms with E-state index in [0.717, 1.165) is 22.6 Å². The molecule has 2 nitrogen and oxygen atoms in total. The monoisotopic (exact) mass is 317 g/mol. The van der Waals surface area contributed by atoms with Gasteiger partial charge in [0, 0.05) is 10.6 Å². The number of anilines is 1. The molecule has 2 aromatic carbocycles. The van der Waals surface area contributed by atoms with Crippen molar-refractivity contribution in [1.29, 1.82) is 0 Å². The minimum Gasteiger partial charge on any atom is -0.325 e. The van der Waals surface area contributed by atoms with Gasteiger partial charge in [-0.25, -0.2) is 4.39 Å². The van der Waals surface area contributed by atoms with Gasteiger partial charge in [-0.3, -0.25) is 4.79 Å². The Kier molecular flexibility index (Phi) is 6.01. The molecule has 0 fully saturated rings. The molecule has 0 radical (unpaired) electrons. The molecule has 0 aliphatic heterocycles. The van der Waals surface area contributed by atoms with Crippen molar-refractivity contribution in [3.63, 3.8) is 0 Å². The molecule has 0 unspecified atom stereocenters. The smallest absolute Gasteiger partial charge is 0.234 e. The van der Waals surface area contributed by atoms with Gasteiger partial charge in [-0.1, -0.05) is 32.0 Å². The minimum absolute atomic E-state index is 0.0509. The van der Waals surface area contributed by atoms with E-state index in [-0.39, 0.29) is 11.7 Å². The van der Waals surface area contributed by atoms with Crippen LogP contribution in [-0.4, -0.2) is 11.7 Å². The highest BCUT2D eigenvalue weighted by Crippen LogP contribution is 2.27. The Bertz CT molecular complexity index is 627. The normalized spacial score (nSPS) is 12.0. The summed E-state index contributed by atoms with van der Waals surface area (Å²) in [5, 5.41) is 2.97. The second-order valence-corrected chi connectivity index (χ2v) is 6.24. The summed E-state index contributed by atoms with van der Waals surface area (Å²) in [6.07, 6.45) is 1.03. The zero-order valence-electron chi connectivity index (χ0n) is 12.8. The molecule has 0 heterocycles. The number of hydrogen-bond donors (Lipinski definition) is 1. The van der Waals surface area contributed by atoms with Crippen LogP contribution in [0.4, 0.5) is 10.1 Å². The van der Waals surface area contributed by atoms with Crippen molar-refractivity contribution in [3.8, 4) is 0 Å². The first-order valence-corrected chi connectivity index (χ1v) is 8.36. The summed E-state index contributed by atoms with van der Waals surface area (Å²) < 4.78 is 12.8. The predicted molar refractivity (Wildman–Crippen MR) is 90.9 cm³/mol. The van der Waals surface area contributed by atoms with E-state index in [4.69, 9.17) is 0 Å². The van der Waals surface area contributed by atoms with E-state index in [1.54, 1.807) is 12.1 Å². The maximum Gasteiger partial charge on any atom is 0.234 e. The van der Waals surface area contributed by atoms with E-state index < -0.39 is 0 Å². The molecule has 2 aromatic rings. The highest BCUT2D eigenvalue weighted by molar-refractivity contribution is 8.00. The fourth-order valence-corrected chi connectivity index (χ4v) is 2.82. The Hall–Kier alpha value is -1.81. The number of thioether (sulfide) groups is 1. The average molecular weight is 317 g/mol. The molecule has 1 atom stereocenters. The number of benzene rings is 2. The van der Waals surface area contributed by atoms with E-state index in [1.807, 2.05) is 18.2 Å². The van der Waals surface area contributed by atoms with Gasteiger partial charge in [0.05, 0.1) is 5.75 Å². The van der Waals surface area contributed by atoms with Crippen LogP contribution >= 0.6 is 11.8 Å². The second-order valence-electron chi connectivity index (χ2n) is 5.19. The summed E-state index contributed by atoms with van der Waals surface area (Å²) in [4.78, 5) is 13.0. The first-order chi connectivity index (χ1) is 10.6. The van der Waals surface area contributed by atoms with Crippen molar-refractivity contribution in [2.75, 3.05) is 11.1 Å². The molecule has 116 valence electrons. The molecule has 0 aromatic heterocycles. The number of hydrogen-bond acceptors (Lipinski definition) is 2. The van der Waals surface area contributed by atoms with Crippen molar-refractivity contribution < 1.29 is 9.18 Å². The molecular weight excluding hydrogens is 297 g/mol. The maximum atomic E-state index is 12.8. The molecule has 1 amide bonds. The van der Waals surface area contributed by atoms with Gasteiger partial charge in [0.25, 0.3) is 0 Å². The van der Waals surface area contributed by atoms with E-state index in [1.165, 1.54) is 23.9 Å². The van der Waals surface area contributed by atoms with Gasteiger partial charge in [-0.05, 0) is 48.2 Å². The third-order valence-electron chi connectivity index (χ3n) is 3.56. The topological polar surface area (TPSA) is 29.1 Å². The van der Waals surface area contributed by atoms with Gasteiger partial charge in [0.2, 0.25) is 5.91 Å². The second kappa shape index (κ2) is 7.99. The van der Waals surface area contributed by atoms with Crippen LogP contribution in [0, 0.1) is 5.82 Å². The number of halogens is 1. The van der Waals surface area contributed by atoms with Crippen LogP contribution in [0.25, 0.3) is 0 Å². The van der Waals surface area contributed by atoms with Crippen LogP contribution < -0.4 is 5.32 Å². The molecule has 0 bridgehead atoms. The summed E-state index contributed by atoms with van der Waals surface area (Å²) >= 11 is 1.40. The van der Waals surface area contributed by atoms with Crippen LogP contribution in [0.5, 0.6) is 0 Å². The van der Waals surface area contributed by atoms with Gasteiger partial charge in [0.15, 0.2) is 0 Å². The summed E-state index contributed by atoms with van der Waals surface area (Å²) in [5.74, 6) is 0.392. The standard InChI is InChI=1S/C18H20FNOS/c1-3-13(2)16-6-4-5-7-17(16)20-18(21)12-22-15-10-8-14(19)9-11-15/h4-11,13H,3,12H2,1-2H3,(H,20,21)/t13-/m0/s1. The quantitative estimate of drug-likeness (QED) is 0.754. The van der Waals surface area contributed by atoms with Gasteiger partial charge in [-0.2, -0.15) is 0 Å². The lowest BCUT2D eigenvalue weighted by Gasteiger charge is -2.15. The van der Waals surface area contributed by atoms with Crippen LogP contribution in [0.1, 0.15) is 31.7 Å². The Balaban J connectivity index is 1.96. The Morgan fingerprint density at radius 2 is 1.86 bits per heavy atom. The SMILES string of the molecule is CC[C@H](C)c1ccccc1NC(=O)CSc1ccc(F)cc1. The first-order valence-electron chi connectivity index (χ1n) is 7.37. The van der Waals surface area contributed by atoms with Crippen LogP contribution in [0.3, 0.4) is 0 Å². The lowest BCUT2D eigenvalue weighted by molar-refractivity contribution is -0.113. The van der Waals surface area contributed by atoms with Gasteiger partial charge in [-0.15, -0.1) is 11.8 Å².